The van der Waals surface area contributed by atoms with Gasteiger partial charge in [-0.25, -0.2) is 9.69 Å². The minimum absolute atomic E-state index is 0.206. The van der Waals surface area contributed by atoms with Crippen LogP contribution in [0.15, 0.2) is 46.2 Å². The van der Waals surface area contributed by atoms with E-state index >= 15 is 0 Å². The van der Waals surface area contributed by atoms with Crippen LogP contribution in [0.2, 0.25) is 10.0 Å². The van der Waals surface area contributed by atoms with Crippen LogP contribution in [0.5, 0.6) is 0 Å². The van der Waals surface area contributed by atoms with Crippen LogP contribution in [0.4, 0.5) is 0 Å². The van der Waals surface area contributed by atoms with Crippen molar-refractivity contribution in [3.05, 3.63) is 52.2 Å². The van der Waals surface area contributed by atoms with E-state index in [-0.39, 0.29) is 5.91 Å². The van der Waals surface area contributed by atoms with E-state index in [4.69, 9.17) is 27.6 Å². The summed E-state index contributed by atoms with van der Waals surface area (Å²) in [5.41, 5.74) is 0.446. The number of aromatic nitrogens is 3. The van der Waals surface area contributed by atoms with Crippen LogP contribution in [0, 0.1) is 0 Å². The maximum atomic E-state index is 13.0. The second-order valence-electron chi connectivity index (χ2n) is 5.00. The van der Waals surface area contributed by atoms with Gasteiger partial charge in [0.1, 0.15) is 0 Å². The zero-order valence-corrected chi connectivity index (χ0v) is 14.5. The average Bonchev–Trinajstić information content (AvgIpc) is 3.25. The number of carbonyl (C=O) groups is 1. The van der Waals surface area contributed by atoms with Gasteiger partial charge >= 0.3 is 0 Å². The molecule has 0 fully saturated rings. The van der Waals surface area contributed by atoms with Crippen molar-refractivity contribution in [2.24, 2.45) is 0 Å². The maximum Gasteiger partial charge on any atom is 0.272 e. The predicted octanol–water partition coefficient (Wildman–Crippen LogP) is 3.73. The SMILES string of the molecule is O=C(c1ccc(Cl)c(Cl)c1)N1CCSc2nnc(-c3ccco3)n21. The predicted molar refractivity (Wildman–Crippen MR) is 92.3 cm³/mol. The molecular formula is C15H10Cl2N4O2S. The molecule has 122 valence electrons. The van der Waals surface area contributed by atoms with Crippen molar-refractivity contribution in [3.8, 4) is 11.6 Å². The van der Waals surface area contributed by atoms with Crippen molar-refractivity contribution in [1.29, 1.82) is 0 Å². The Kier molecular flexibility index (Phi) is 3.99. The molecule has 0 bridgehead atoms. The molecular weight excluding hydrogens is 371 g/mol. The lowest BCUT2D eigenvalue weighted by molar-refractivity contribution is 0.0956. The fraction of sp³-hybridized carbons (Fsp3) is 0.133. The summed E-state index contributed by atoms with van der Waals surface area (Å²) in [4.78, 5) is 13.0. The first-order valence-corrected chi connectivity index (χ1v) is 8.78. The molecule has 0 radical (unpaired) electrons. The van der Waals surface area contributed by atoms with Crippen LogP contribution in [0.1, 0.15) is 10.4 Å². The van der Waals surface area contributed by atoms with Crippen LogP contribution < -0.4 is 5.01 Å². The monoisotopic (exact) mass is 380 g/mol. The third kappa shape index (κ3) is 2.58. The molecule has 2 aromatic heterocycles. The Morgan fingerprint density at radius 2 is 2.08 bits per heavy atom. The van der Waals surface area contributed by atoms with Gasteiger partial charge in [-0.2, -0.15) is 0 Å². The van der Waals surface area contributed by atoms with Gasteiger partial charge < -0.3 is 4.42 Å². The van der Waals surface area contributed by atoms with Gasteiger partial charge in [-0.15, -0.1) is 10.2 Å². The minimum atomic E-state index is -0.206. The van der Waals surface area contributed by atoms with E-state index in [0.717, 1.165) is 5.75 Å². The Morgan fingerprint density at radius 1 is 1.21 bits per heavy atom. The molecule has 0 N–H and O–H groups in total. The van der Waals surface area contributed by atoms with Gasteiger partial charge in [0, 0.05) is 11.3 Å². The fourth-order valence-corrected chi connectivity index (χ4v) is 3.58. The summed E-state index contributed by atoms with van der Waals surface area (Å²) >= 11 is 13.5. The number of carbonyl (C=O) groups excluding carboxylic acids is 1. The summed E-state index contributed by atoms with van der Waals surface area (Å²) < 4.78 is 7.08. The van der Waals surface area contributed by atoms with Gasteiger partial charge in [0.15, 0.2) is 5.76 Å². The normalized spacial score (nSPS) is 13.8. The highest BCUT2D eigenvalue weighted by Gasteiger charge is 2.29. The fourth-order valence-electron chi connectivity index (χ4n) is 2.43. The zero-order valence-electron chi connectivity index (χ0n) is 12.1. The van der Waals surface area contributed by atoms with E-state index in [1.165, 1.54) is 11.8 Å². The average molecular weight is 381 g/mol. The molecule has 0 spiro atoms. The summed E-state index contributed by atoms with van der Waals surface area (Å²) in [5.74, 6) is 1.55. The minimum Gasteiger partial charge on any atom is -0.461 e. The zero-order chi connectivity index (χ0) is 16.7. The number of hydrogen-bond acceptors (Lipinski definition) is 5. The van der Waals surface area contributed by atoms with Crippen molar-refractivity contribution in [2.75, 3.05) is 17.3 Å². The molecule has 4 rings (SSSR count). The summed E-state index contributed by atoms with van der Waals surface area (Å²) in [7, 11) is 0. The number of nitrogens with zero attached hydrogens (tertiary/aromatic N) is 4. The molecule has 1 aliphatic rings. The molecule has 0 saturated heterocycles. The highest BCUT2D eigenvalue weighted by atomic mass is 35.5. The standard InChI is InChI=1S/C15H10Cl2N4O2S/c16-10-4-3-9(8-11(10)17)14(22)20-5-7-24-15-19-18-13(21(15)20)12-2-1-6-23-12/h1-4,6,8H,5,7H2. The molecule has 0 unspecified atom stereocenters. The van der Waals surface area contributed by atoms with E-state index in [0.29, 0.717) is 38.9 Å². The number of rotatable bonds is 2. The highest BCUT2D eigenvalue weighted by Crippen LogP contribution is 2.29. The van der Waals surface area contributed by atoms with Crippen molar-refractivity contribution in [2.45, 2.75) is 5.16 Å². The molecule has 3 heterocycles. The third-order valence-electron chi connectivity index (χ3n) is 3.53. The van der Waals surface area contributed by atoms with E-state index < -0.39 is 0 Å². The molecule has 1 aromatic carbocycles. The molecule has 0 saturated carbocycles. The Hall–Kier alpha value is -1.96. The smallest absolute Gasteiger partial charge is 0.272 e. The van der Waals surface area contributed by atoms with E-state index in [9.17, 15) is 4.79 Å². The lowest BCUT2D eigenvalue weighted by Crippen LogP contribution is -2.45. The second kappa shape index (κ2) is 6.16. The van der Waals surface area contributed by atoms with Gasteiger partial charge in [0.05, 0.1) is 22.9 Å². The number of halogens is 2. The van der Waals surface area contributed by atoms with Gasteiger partial charge in [0.2, 0.25) is 11.0 Å². The van der Waals surface area contributed by atoms with Crippen LogP contribution in [0.3, 0.4) is 0 Å². The van der Waals surface area contributed by atoms with Crippen molar-refractivity contribution < 1.29 is 9.21 Å². The van der Waals surface area contributed by atoms with Gasteiger partial charge in [-0.1, -0.05) is 35.0 Å². The van der Waals surface area contributed by atoms with Gasteiger partial charge in [-0.3, -0.25) is 4.79 Å². The molecule has 3 aromatic rings. The second-order valence-corrected chi connectivity index (χ2v) is 6.88. The summed E-state index contributed by atoms with van der Waals surface area (Å²) in [6, 6.07) is 8.35. The maximum absolute atomic E-state index is 13.0. The molecule has 1 amide bonds. The van der Waals surface area contributed by atoms with E-state index in [1.54, 1.807) is 46.3 Å². The lowest BCUT2D eigenvalue weighted by Gasteiger charge is -2.28. The highest BCUT2D eigenvalue weighted by molar-refractivity contribution is 7.99. The number of benzene rings is 1. The topological polar surface area (TPSA) is 64.2 Å². The van der Waals surface area contributed by atoms with E-state index in [2.05, 4.69) is 10.2 Å². The van der Waals surface area contributed by atoms with Gasteiger partial charge in [-0.05, 0) is 30.3 Å². The van der Waals surface area contributed by atoms with Crippen LogP contribution in [-0.2, 0) is 0 Å². The Bertz CT molecular complexity index is 910. The molecule has 1 aliphatic heterocycles. The Labute approximate surface area is 151 Å². The first-order valence-electron chi connectivity index (χ1n) is 7.04. The number of hydrogen-bond donors (Lipinski definition) is 0. The lowest BCUT2D eigenvalue weighted by atomic mass is 10.2. The van der Waals surface area contributed by atoms with Crippen LogP contribution in [-0.4, -0.2) is 33.1 Å². The van der Waals surface area contributed by atoms with Crippen LogP contribution >= 0.6 is 35.0 Å². The molecule has 9 heteroatoms. The number of fused-ring (bicyclic) bond motifs is 1. The number of furan rings is 1. The van der Waals surface area contributed by atoms with Gasteiger partial charge in [0.25, 0.3) is 5.91 Å². The summed E-state index contributed by atoms with van der Waals surface area (Å²) in [6.45, 7) is 0.516. The third-order valence-corrected chi connectivity index (χ3v) is 5.17. The molecule has 0 aliphatic carbocycles. The first kappa shape index (κ1) is 15.6. The Balaban J connectivity index is 1.77. The number of amides is 1. The molecule has 24 heavy (non-hydrogen) atoms. The van der Waals surface area contributed by atoms with Crippen molar-refractivity contribution >= 4 is 40.9 Å². The van der Waals surface area contributed by atoms with Crippen molar-refractivity contribution in [1.82, 2.24) is 14.9 Å². The molecule has 0 atom stereocenters. The number of thioether (sulfide) groups is 1. The quantitative estimate of drug-likeness (QED) is 0.677. The first-order chi connectivity index (χ1) is 11.6. The Morgan fingerprint density at radius 3 is 2.83 bits per heavy atom. The van der Waals surface area contributed by atoms with Crippen molar-refractivity contribution in [3.63, 3.8) is 0 Å². The van der Waals surface area contributed by atoms with Crippen LogP contribution in [0.25, 0.3) is 11.6 Å². The summed E-state index contributed by atoms with van der Waals surface area (Å²) in [5, 5.41) is 11.3. The largest absolute Gasteiger partial charge is 0.461 e. The molecule has 6 nitrogen and oxygen atoms in total. The van der Waals surface area contributed by atoms with E-state index in [1.807, 2.05) is 0 Å². The summed E-state index contributed by atoms with van der Waals surface area (Å²) in [6.07, 6.45) is 1.55.